The lowest BCUT2D eigenvalue weighted by atomic mass is 10.1. The van der Waals surface area contributed by atoms with E-state index in [1.807, 2.05) is 26.8 Å². The molecular weight excluding hydrogens is 324 g/mol. The first-order valence-corrected chi connectivity index (χ1v) is 8.70. The molecule has 0 aliphatic rings. The van der Waals surface area contributed by atoms with Crippen LogP contribution in [0.2, 0.25) is 0 Å². The topological polar surface area (TPSA) is 82.5 Å². The fraction of sp³-hybridized carbons (Fsp3) is 0.438. The van der Waals surface area contributed by atoms with Gasteiger partial charge < -0.3 is 4.52 Å². The molecule has 0 aliphatic heterocycles. The first-order valence-electron chi connectivity index (χ1n) is 7.82. The van der Waals surface area contributed by atoms with Crippen LogP contribution in [-0.4, -0.2) is 30.3 Å². The van der Waals surface area contributed by atoms with Crippen LogP contribution in [0.15, 0.2) is 27.9 Å². The summed E-state index contributed by atoms with van der Waals surface area (Å²) < 4.78 is 7.11. The normalized spacial score (nSPS) is 12.8. The van der Waals surface area contributed by atoms with Gasteiger partial charge in [0.15, 0.2) is 5.82 Å². The van der Waals surface area contributed by atoms with Crippen molar-refractivity contribution in [1.29, 1.82) is 0 Å². The summed E-state index contributed by atoms with van der Waals surface area (Å²) in [5, 5.41) is 16.7. The van der Waals surface area contributed by atoms with Crippen LogP contribution in [-0.2, 0) is 0 Å². The zero-order valence-electron chi connectivity index (χ0n) is 14.4. The molecule has 2 heterocycles. The van der Waals surface area contributed by atoms with Gasteiger partial charge in [0.05, 0.1) is 10.9 Å². The van der Waals surface area contributed by atoms with Crippen molar-refractivity contribution in [2.45, 2.75) is 50.9 Å². The van der Waals surface area contributed by atoms with E-state index in [2.05, 4.69) is 51.6 Å². The van der Waals surface area contributed by atoms with Gasteiger partial charge in [-0.2, -0.15) is 9.67 Å². The summed E-state index contributed by atoms with van der Waals surface area (Å²) in [6.45, 7) is 10.2. The molecule has 3 aromatic rings. The van der Waals surface area contributed by atoms with Gasteiger partial charge in [-0.05, 0) is 42.8 Å². The van der Waals surface area contributed by atoms with E-state index in [4.69, 9.17) is 4.52 Å². The zero-order chi connectivity index (χ0) is 17.3. The molecule has 0 saturated heterocycles. The molecule has 1 atom stereocenters. The van der Waals surface area contributed by atoms with Gasteiger partial charge in [-0.15, -0.1) is 5.10 Å². The molecule has 0 spiro atoms. The third-order valence-electron chi connectivity index (χ3n) is 3.63. The molecule has 0 amide bonds. The Morgan fingerprint density at radius 1 is 1.17 bits per heavy atom. The summed E-state index contributed by atoms with van der Waals surface area (Å²) in [7, 11) is 0. The van der Waals surface area contributed by atoms with Crippen LogP contribution in [0.5, 0.6) is 0 Å². The number of hydrogen-bond acceptors (Lipinski definition) is 7. The van der Waals surface area contributed by atoms with E-state index in [0.29, 0.717) is 16.9 Å². The van der Waals surface area contributed by atoms with E-state index in [1.54, 1.807) is 4.68 Å². The second-order valence-corrected chi connectivity index (χ2v) is 7.38. The minimum atomic E-state index is -0.0412. The Hall–Kier alpha value is -2.22. The van der Waals surface area contributed by atoms with Crippen molar-refractivity contribution in [3.05, 3.63) is 41.0 Å². The summed E-state index contributed by atoms with van der Waals surface area (Å²) in [5.41, 5.74) is 3.30. The van der Waals surface area contributed by atoms with Crippen molar-refractivity contribution in [1.82, 2.24) is 30.3 Å². The van der Waals surface area contributed by atoms with Gasteiger partial charge in [-0.1, -0.05) is 48.5 Å². The minimum absolute atomic E-state index is 0.0412. The van der Waals surface area contributed by atoms with Crippen LogP contribution >= 0.6 is 11.8 Å². The first-order chi connectivity index (χ1) is 11.5. The van der Waals surface area contributed by atoms with E-state index in [-0.39, 0.29) is 11.2 Å². The second kappa shape index (κ2) is 6.72. The smallest absolute Gasteiger partial charge is 0.239 e. The van der Waals surface area contributed by atoms with Crippen molar-refractivity contribution in [2.24, 2.45) is 0 Å². The number of nitrogens with zero attached hydrogens (tertiary/aromatic N) is 6. The molecule has 0 saturated carbocycles. The second-order valence-electron chi connectivity index (χ2n) is 6.07. The van der Waals surface area contributed by atoms with Crippen LogP contribution in [0.3, 0.4) is 0 Å². The lowest BCUT2D eigenvalue weighted by molar-refractivity contribution is 0.373. The number of aromatic nitrogens is 6. The predicted molar refractivity (Wildman–Crippen MR) is 91.3 cm³/mol. The maximum atomic E-state index is 5.36. The Morgan fingerprint density at radius 3 is 2.62 bits per heavy atom. The van der Waals surface area contributed by atoms with Gasteiger partial charge in [0.1, 0.15) is 0 Å². The molecule has 7 nitrogen and oxygen atoms in total. The fourth-order valence-corrected chi connectivity index (χ4v) is 3.13. The molecule has 1 aromatic carbocycles. The van der Waals surface area contributed by atoms with E-state index in [1.165, 1.54) is 17.3 Å². The van der Waals surface area contributed by atoms with Crippen molar-refractivity contribution in [3.63, 3.8) is 0 Å². The van der Waals surface area contributed by atoms with Crippen LogP contribution < -0.4 is 0 Å². The van der Waals surface area contributed by atoms with Crippen LogP contribution in [0.1, 0.15) is 54.8 Å². The summed E-state index contributed by atoms with van der Waals surface area (Å²) in [5.74, 6) is 1.53. The minimum Gasteiger partial charge on any atom is -0.338 e. The Morgan fingerprint density at radius 2 is 1.96 bits per heavy atom. The molecule has 8 heteroatoms. The Bertz CT molecular complexity index is 841. The van der Waals surface area contributed by atoms with Crippen molar-refractivity contribution < 1.29 is 4.52 Å². The highest BCUT2D eigenvalue weighted by atomic mass is 32.2. The number of thioether (sulfide) groups is 1. The summed E-state index contributed by atoms with van der Waals surface area (Å²) in [6, 6.07) is 6.19. The Balaban J connectivity index is 1.84. The quantitative estimate of drug-likeness (QED) is 0.653. The Kier molecular flexibility index (Phi) is 4.66. The number of hydrogen-bond donors (Lipinski definition) is 0. The number of rotatable bonds is 5. The van der Waals surface area contributed by atoms with E-state index < -0.39 is 0 Å². The zero-order valence-corrected chi connectivity index (χ0v) is 15.2. The molecule has 24 heavy (non-hydrogen) atoms. The molecular formula is C16H20N6OS. The third kappa shape index (κ3) is 3.33. The van der Waals surface area contributed by atoms with Crippen LogP contribution in [0.4, 0.5) is 0 Å². The van der Waals surface area contributed by atoms with Crippen LogP contribution in [0, 0.1) is 13.8 Å². The molecule has 0 N–H and O–H groups in total. The van der Waals surface area contributed by atoms with E-state index in [0.717, 1.165) is 11.3 Å². The summed E-state index contributed by atoms with van der Waals surface area (Å²) >= 11 is 1.49. The molecule has 3 rings (SSSR count). The lowest BCUT2D eigenvalue weighted by Crippen LogP contribution is -2.03. The number of aryl methyl sites for hydroxylation is 2. The first kappa shape index (κ1) is 16.6. The fourth-order valence-electron chi connectivity index (χ4n) is 2.30. The molecule has 2 aromatic heterocycles. The van der Waals surface area contributed by atoms with Gasteiger partial charge in [-0.3, -0.25) is 0 Å². The Labute approximate surface area is 144 Å². The van der Waals surface area contributed by atoms with Crippen LogP contribution in [0.25, 0.3) is 5.69 Å². The number of tetrazole rings is 1. The average molecular weight is 344 g/mol. The van der Waals surface area contributed by atoms with Gasteiger partial charge >= 0.3 is 0 Å². The number of benzene rings is 1. The predicted octanol–water partition coefficient (Wildman–Crippen LogP) is 3.64. The van der Waals surface area contributed by atoms with Crippen molar-refractivity contribution in [3.8, 4) is 5.69 Å². The monoisotopic (exact) mass is 344 g/mol. The maximum Gasteiger partial charge on any atom is 0.239 e. The van der Waals surface area contributed by atoms with E-state index >= 15 is 0 Å². The van der Waals surface area contributed by atoms with Gasteiger partial charge in [0.2, 0.25) is 11.0 Å². The van der Waals surface area contributed by atoms with Gasteiger partial charge in [0.25, 0.3) is 0 Å². The molecule has 126 valence electrons. The SMILES string of the molecule is Cc1ccc(-n2nnnc2SC(C)c2nc(C(C)C)no2)c(C)c1. The van der Waals surface area contributed by atoms with Crippen molar-refractivity contribution in [2.75, 3.05) is 0 Å². The molecule has 0 radical (unpaired) electrons. The summed E-state index contributed by atoms with van der Waals surface area (Å²) in [4.78, 5) is 4.45. The largest absolute Gasteiger partial charge is 0.338 e. The molecule has 1 unspecified atom stereocenters. The highest BCUT2D eigenvalue weighted by Crippen LogP contribution is 2.34. The lowest BCUT2D eigenvalue weighted by Gasteiger charge is -2.09. The van der Waals surface area contributed by atoms with Gasteiger partial charge in [-0.25, -0.2) is 0 Å². The van der Waals surface area contributed by atoms with Crippen molar-refractivity contribution >= 4 is 11.8 Å². The highest BCUT2D eigenvalue weighted by molar-refractivity contribution is 7.99. The maximum absolute atomic E-state index is 5.36. The van der Waals surface area contributed by atoms with E-state index in [9.17, 15) is 0 Å². The average Bonchev–Trinajstić information content (AvgIpc) is 3.16. The highest BCUT2D eigenvalue weighted by Gasteiger charge is 2.21. The standard InChI is InChI=1S/C16H20N6OS/c1-9(2)14-17-15(23-19-14)12(5)24-16-18-20-21-22(16)13-7-6-10(3)8-11(13)4/h6-9,12H,1-5H3. The molecule has 0 bridgehead atoms. The summed E-state index contributed by atoms with van der Waals surface area (Å²) in [6.07, 6.45) is 0. The third-order valence-corrected chi connectivity index (χ3v) is 4.65. The molecule has 0 fully saturated rings. The van der Waals surface area contributed by atoms with Gasteiger partial charge in [0, 0.05) is 5.92 Å². The molecule has 0 aliphatic carbocycles.